The number of rotatable bonds is 6. The van der Waals surface area contributed by atoms with Gasteiger partial charge >= 0.3 is 0 Å². The monoisotopic (exact) mass is 142 g/mol. The SMILES string of the molecule is C=C(C=O)COCCCC. The Hall–Kier alpha value is -0.630. The lowest BCUT2D eigenvalue weighted by Gasteiger charge is -1.99. The van der Waals surface area contributed by atoms with Crippen LogP contribution in [0.1, 0.15) is 19.8 Å². The minimum Gasteiger partial charge on any atom is -0.377 e. The quantitative estimate of drug-likeness (QED) is 0.319. The van der Waals surface area contributed by atoms with Gasteiger partial charge in [-0.1, -0.05) is 19.9 Å². The van der Waals surface area contributed by atoms with E-state index in [-0.39, 0.29) is 0 Å². The first-order chi connectivity index (χ1) is 4.81. The van der Waals surface area contributed by atoms with Crippen molar-refractivity contribution in [1.82, 2.24) is 0 Å². The van der Waals surface area contributed by atoms with E-state index in [2.05, 4.69) is 13.5 Å². The van der Waals surface area contributed by atoms with Gasteiger partial charge in [-0.2, -0.15) is 0 Å². The number of aldehydes is 1. The molecule has 0 spiro atoms. The van der Waals surface area contributed by atoms with E-state index >= 15 is 0 Å². The van der Waals surface area contributed by atoms with Gasteiger partial charge in [-0.05, 0) is 6.42 Å². The lowest BCUT2D eigenvalue weighted by Crippen LogP contribution is -1.99. The Morgan fingerprint density at radius 1 is 1.70 bits per heavy atom. The molecule has 58 valence electrons. The molecule has 10 heavy (non-hydrogen) atoms. The molecule has 0 aliphatic carbocycles. The zero-order chi connectivity index (χ0) is 7.82. The van der Waals surface area contributed by atoms with E-state index in [9.17, 15) is 4.79 Å². The molecule has 0 radical (unpaired) electrons. The molecule has 0 aromatic heterocycles. The fourth-order valence-electron chi connectivity index (χ4n) is 0.484. The number of hydrogen-bond donors (Lipinski definition) is 0. The normalized spacial score (nSPS) is 9.30. The molecule has 0 bridgehead atoms. The number of carbonyl (C=O) groups is 1. The summed E-state index contributed by atoms with van der Waals surface area (Å²) in [6, 6.07) is 0. The van der Waals surface area contributed by atoms with Gasteiger partial charge in [0.05, 0.1) is 6.61 Å². The lowest BCUT2D eigenvalue weighted by atomic mass is 10.3. The molecule has 0 unspecified atom stereocenters. The Kier molecular flexibility index (Phi) is 6.08. The highest BCUT2D eigenvalue weighted by Crippen LogP contribution is 1.90. The topological polar surface area (TPSA) is 26.3 Å². The van der Waals surface area contributed by atoms with Crippen LogP contribution < -0.4 is 0 Å². The minimum atomic E-state index is 0.378. The van der Waals surface area contributed by atoms with Crippen LogP contribution in [0, 0.1) is 0 Å². The van der Waals surface area contributed by atoms with Crippen molar-refractivity contribution < 1.29 is 9.53 Å². The van der Waals surface area contributed by atoms with E-state index in [1.165, 1.54) is 0 Å². The fraction of sp³-hybridized carbons (Fsp3) is 0.625. The Bertz CT molecular complexity index is 108. The van der Waals surface area contributed by atoms with Gasteiger partial charge in [0.2, 0.25) is 0 Å². The van der Waals surface area contributed by atoms with Crippen molar-refractivity contribution in [2.45, 2.75) is 19.8 Å². The van der Waals surface area contributed by atoms with Gasteiger partial charge in [0.25, 0.3) is 0 Å². The molecule has 0 fully saturated rings. The molecule has 0 rings (SSSR count). The summed E-state index contributed by atoms with van der Waals surface area (Å²) in [5, 5.41) is 0. The molecule has 0 saturated heterocycles. The second kappa shape index (κ2) is 6.49. The zero-order valence-corrected chi connectivity index (χ0v) is 6.43. The van der Waals surface area contributed by atoms with Crippen LogP contribution in [0.25, 0.3) is 0 Å². The first-order valence-electron chi connectivity index (χ1n) is 3.52. The van der Waals surface area contributed by atoms with Crippen LogP contribution in [0.4, 0.5) is 0 Å². The molecule has 2 nitrogen and oxygen atoms in total. The van der Waals surface area contributed by atoms with Crippen LogP contribution in [0.2, 0.25) is 0 Å². The number of carbonyl (C=O) groups excluding carboxylic acids is 1. The molecule has 0 aliphatic heterocycles. The van der Waals surface area contributed by atoms with Crippen molar-refractivity contribution in [1.29, 1.82) is 0 Å². The number of hydrogen-bond acceptors (Lipinski definition) is 2. The van der Waals surface area contributed by atoms with Crippen LogP contribution in [0.5, 0.6) is 0 Å². The lowest BCUT2D eigenvalue weighted by molar-refractivity contribution is -0.105. The molecular weight excluding hydrogens is 128 g/mol. The highest BCUT2D eigenvalue weighted by Gasteiger charge is 1.89. The van der Waals surface area contributed by atoms with E-state index in [0.717, 1.165) is 25.7 Å². The Morgan fingerprint density at radius 2 is 2.40 bits per heavy atom. The van der Waals surface area contributed by atoms with E-state index in [1.807, 2.05) is 0 Å². The number of ether oxygens (including phenoxy) is 1. The molecule has 0 aromatic carbocycles. The molecule has 2 heteroatoms. The second-order valence-electron chi connectivity index (χ2n) is 2.18. The molecular formula is C8H14O2. The molecule has 0 aliphatic rings. The van der Waals surface area contributed by atoms with Crippen molar-refractivity contribution in [2.24, 2.45) is 0 Å². The van der Waals surface area contributed by atoms with Crippen LogP contribution in [-0.4, -0.2) is 19.5 Å². The standard InChI is InChI=1S/C8H14O2/c1-3-4-5-10-7-8(2)6-9/h6H,2-5,7H2,1H3. The Labute approximate surface area is 61.9 Å². The maximum Gasteiger partial charge on any atom is 0.147 e. The first-order valence-corrected chi connectivity index (χ1v) is 3.52. The Balaban J connectivity index is 3.03. The summed E-state index contributed by atoms with van der Waals surface area (Å²) in [5.41, 5.74) is 0.510. The largest absolute Gasteiger partial charge is 0.377 e. The highest BCUT2D eigenvalue weighted by atomic mass is 16.5. The summed E-state index contributed by atoms with van der Waals surface area (Å²) in [4.78, 5) is 9.99. The van der Waals surface area contributed by atoms with Crippen LogP contribution in [-0.2, 0) is 9.53 Å². The summed E-state index contributed by atoms with van der Waals surface area (Å²) in [6.07, 6.45) is 2.89. The third-order valence-corrected chi connectivity index (χ3v) is 1.10. The fourth-order valence-corrected chi connectivity index (χ4v) is 0.484. The first kappa shape index (κ1) is 9.37. The number of unbranched alkanes of at least 4 members (excludes halogenated alkanes) is 1. The average Bonchev–Trinajstić information content (AvgIpc) is 1.98. The predicted molar refractivity (Wildman–Crippen MR) is 40.9 cm³/mol. The van der Waals surface area contributed by atoms with Crippen LogP contribution >= 0.6 is 0 Å². The van der Waals surface area contributed by atoms with Crippen molar-refractivity contribution in [3.05, 3.63) is 12.2 Å². The van der Waals surface area contributed by atoms with Crippen LogP contribution in [0.3, 0.4) is 0 Å². The molecule has 0 N–H and O–H groups in total. The van der Waals surface area contributed by atoms with Crippen molar-refractivity contribution >= 4 is 6.29 Å². The summed E-state index contributed by atoms with van der Waals surface area (Å²) in [6.45, 7) is 6.68. The summed E-state index contributed by atoms with van der Waals surface area (Å²) in [5.74, 6) is 0. The summed E-state index contributed by atoms with van der Waals surface area (Å²) >= 11 is 0. The van der Waals surface area contributed by atoms with Crippen molar-refractivity contribution in [3.63, 3.8) is 0 Å². The van der Waals surface area contributed by atoms with E-state index < -0.39 is 0 Å². The zero-order valence-electron chi connectivity index (χ0n) is 6.43. The Morgan fingerprint density at radius 3 is 2.90 bits per heavy atom. The average molecular weight is 142 g/mol. The molecule has 0 aromatic rings. The highest BCUT2D eigenvalue weighted by molar-refractivity contribution is 5.72. The van der Waals surface area contributed by atoms with Crippen molar-refractivity contribution in [3.8, 4) is 0 Å². The third-order valence-electron chi connectivity index (χ3n) is 1.10. The molecule has 0 saturated carbocycles. The summed E-state index contributed by atoms with van der Waals surface area (Å²) in [7, 11) is 0. The van der Waals surface area contributed by atoms with E-state index in [1.54, 1.807) is 0 Å². The van der Waals surface area contributed by atoms with Gasteiger partial charge < -0.3 is 4.74 Å². The van der Waals surface area contributed by atoms with Gasteiger partial charge in [0.15, 0.2) is 0 Å². The molecule has 0 heterocycles. The second-order valence-corrected chi connectivity index (χ2v) is 2.18. The smallest absolute Gasteiger partial charge is 0.147 e. The molecule has 0 amide bonds. The van der Waals surface area contributed by atoms with E-state index in [0.29, 0.717) is 12.2 Å². The van der Waals surface area contributed by atoms with Gasteiger partial charge in [-0.3, -0.25) is 4.79 Å². The third kappa shape index (κ3) is 5.51. The molecule has 0 atom stereocenters. The van der Waals surface area contributed by atoms with Gasteiger partial charge in [-0.25, -0.2) is 0 Å². The summed E-state index contributed by atoms with van der Waals surface area (Å²) < 4.78 is 5.10. The van der Waals surface area contributed by atoms with Gasteiger partial charge in [0.1, 0.15) is 6.29 Å². The predicted octanol–water partition coefficient (Wildman–Crippen LogP) is 1.56. The van der Waals surface area contributed by atoms with Crippen LogP contribution in [0.15, 0.2) is 12.2 Å². The van der Waals surface area contributed by atoms with Gasteiger partial charge in [-0.15, -0.1) is 0 Å². The maximum absolute atomic E-state index is 9.99. The maximum atomic E-state index is 9.99. The minimum absolute atomic E-state index is 0.378. The van der Waals surface area contributed by atoms with E-state index in [4.69, 9.17) is 4.74 Å². The van der Waals surface area contributed by atoms with Gasteiger partial charge in [0, 0.05) is 12.2 Å². The van der Waals surface area contributed by atoms with Crippen molar-refractivity contribution in [2.75, 3.05) is 13.2 Å².